The molecule has 0 aliphatic carbocycles. The highest BCUT2D eigenvalue weighted by molar-refractivity contribution is 4.96. The first-order valence-corrected chi connectivity index (χ1v) is 4.43. The number of hydrogen-bond acceptors (Lipinski definition) is 3. The molecule has 4 heteroatoms. The maximum absolute atomic E-state index is 4.05. The van der Waals surface area contributed by atoms with Crippen molar-refractivity contribution in [2.24, 2.45) is 7.05 Å². The molecule has 0 radical (unpaired) electrons. The van der Waals surface area contributed by atoms with Crippen LogP contribution in [0.2, 0.25) is 0 Å². The van der Waals surface area contributed by atoms with Gasteiger partial charge in [0.1, 0.15) is 0 Å². The Kier molecular flexibility index (Phi) is 2.08. The summed E-state index contributed by atoms with van der Waals surface area (Å²) in [5, 5.41) is 11.4. The van der Waals surface area contributed by atoms with Gasteiger partial charge in [-0.25, -0.2) is 0 Å². The predicted octanol–water partition coefficient (Wildman–Crippen LogP) is 0.110. The van der Waals surface area contributed by atoms with Gasteiger partial charge in [-0.2, -0.15) is 0 Å². The van der Waals surface area contributed by atoms with Crippen LogP contribution in [-0.4, -0.2) is 27.6 Å². The van der Waals surface area contributed by atoms with Crippen LogP contribution in [0.1, 0.15) is 18.5 Å². The SMILES string of the molecule is Cn1cc(CC2CCCN2)nn1. The summed E-state index contributed by atoms with van der Waals surface area (Å²) < 4.78 is 1.75. The molecule has 0 bridgehead atoms. The molecule has 1 N–H and O–H groups in total. The lowest BCUT2D eigenvalue weighted by molar-refractivity contribution is 0.594. The average Bonchev–Trinajstić information content (AvgIpc) is 2.63. The number of nitrogens with one attached hydrogen (secondary N) is 1. The van der Waals surface area contributed by atoms with Crippen LogP contribution in [0, 0.1) is 0 Å². The molecule has 1 saturated heterocycles. The molecule has 1 aromatic heterocycles. The molecule has 1 unspecified atom stereocenters. The second-order valence-corrected chi connectivity index (χ2v) is 3.38. The first-order valence-electron chi connectivity index (χ1n) is 4.43. The van der Waals surface area contributed by atoms with E-state index in [0.717, 1.165) is 18.7 Å². The van der Waals surface area contributed by atoms with Crippen molar-refractivity contribution in [1.29, 1.82) is 0 Å². The van der Waals surface area contributed by atoms with E-state index in [1.54, 1.807) is 4.68 Å². The van der Waals surface area contributed by atoms with Crippen LogP contribution in [0.5, 0.6) is 0 Å². The van der Waals surface area contributed by atoms with Gasteiger partial charge < -0.3 is 5.32 Å². The molecule has 1 atom stereocenters. The first-order chi connectivity index (χ1) is 5.84. The third-order valence-electron chi connectivity index (χ3n) is 2.27. The average molecular weight is 166 g/mol. The van der Waals surface area contributed by atoms with Gasteiger partial charge in [0.15, 0.2) is 0 Å². The molecule has 1 aliphatic rings. The Hall–Kier alpha value is -0.900. The Balaban J connectivity index is 1.94. The van der Waals surface area contributed by atoms with Crippen LogP contribution in [0.25, 0.3) is 0 Å². The molecular formula is C8H14N4. The van der Waals surface area contributed by atoms with Crippen molar-refractivity contribution in [3.63, 3.8) is 0 Å². The Labute approximate surface area is 72.0 Å². The summed E-state index contributed by atoms with van der Waals surface area (Å²) in [7, 11) is 1.90. The van der Waals surface area contributed by atoms with E-state index >= 15 is 0 Å². The van der Waals surface area contributed by atoms with E-state index in [9.17, 15) is 0 Å². The Morgan fingerprint density at radius 2 is 2.67 bits per heavy atom. The van der Waals surface area contributed by atoms with Crippen LogP contribution in [0.4, 0.5) is 0 Å². The van der Waals surface area contributed by atoms with Gasteiger partial charge in [0, 0.05) is 25.7 Å². The van der Waals surface area contributed by atoms with E-state index in [1.807, 2.05) is 13.2 Å². The van der Waals surface area contributed by atoms with Crippen molar-refractivity contribution in [2.75, 3.05) is 6.54 Å². The minimum Gasteiger partial charge on any atom is -0.314 e. The molecule has 66 valence electrons. The zero-order valence-electron chi connectivity index (χ0n) is 7.32. The molecule has 2 rings (SSSR count). The van der Waals surface area contributed by atoms with Gasteiger partial charge in [-0.05, 0) is 19.4 Å². The largest absolute Gasteiger partial charge is 0.314 e. The molecule has 0 saturated carbocycles. The highest BCUT2D eigenvalue weighted by atomic mass is 15.4. The first kappa shape index (κ1) is 7.73. The van der Waals surface area contributed by atoms with Crippen LogP contribution in [0.3, 0.4) is 0 Å². The molecule has 4 nitrogen and oxygen atoms in total. The van der Waals surface area contributed by atoms with Crippen LogP contribution in [-0.2, 0) is 13.5 Å². The van der Waals surface area contributed by atoms with Crippen LogP contribution < -0.4 is 5.32 Å². The lowest BCUT2D eigenvalue weighted by atomic mass is 10.1. The lowest BCUT2D eigenvalue weighted by Gasteiger charge is -2.05. The fourth-order valence-electron chi connectivity index (χ4n) is 1.67. The monoisotopic (exact) mass is 166 g/mol. The van der Waals surface area contributed by atoms with Gasteiger partial charge in [-0.3, -0.25) is 4.68 Å². The number of aromatic nitrogens is 3. The normalized spacial score (nSPS) is 23.2. The molecule has 1 aliphatic heterocycles. The van der Waals surface area contributed by atoms with E-state index in [0.29, 0.717) is 6.04 Å². The van der Waals surface area contributed by atoms with Gasteiger partial charge in [-0.15, -0.1) is 5.10 Å². The van der Waals surface area contributed by atoms with E-state index < -0.39 is 0 Å². The van der Waals surface area contributed by atoms with Gasteiger partial charge in [0.25, 0.3) is 0 Å². The van der Waals surface area contributed by atoms with Crippen molar-refractivity contribution in [3.8, 4) is 0 Å². The van der Waals surface area contributed by atoms with Gasteiger partial charge in [-0.1, -0.05) is 5.21 Å². The number of aryl methyl sites for hydroxylation is 1. The molecule has 2 heterocycles. The van der Waals surface area contributed by atoms with Gasteiger partial charge in [0.05, 0.1) is 5.69 Å². The Bertz CT molecular complexity index is 249. The van der Waals surface area contributed by atoms with Crippen molar-refractivity contribution in [3.05, 3.63) is 11.9 Å². The molecule has 1 aromatic rings. The van der Waals surface area contributed by atoms with Crippen molar-refractivity contribution >= 4 is 0 Å². The van der Waals surface area contributed by atoms with E-state index in [-0.39, 0.29) is 0 Å². The maximum atomic E-state index is 4.05. The molecule has 12 heavy (non-hydrogen) atoms. The topological polar surface area (TPSA) is 42.7 Å². The van der Waals surface area contributed by atoms with Gasteiger partial charge in [0.2, 0.25) is 0 Å². The summed E-state index contributed by atoms with van der Waals surface area (Å²) >= 11 is 0. The van der Waals surface area contributed by atoms with Gasteiger partial charge >= 0.3 is 0 Å². The molecule has 0 spiro atoms. The van der Waals surface area contributed by atoms with Crippen molar-refractivity contribution in [1.82, 2.24) is 20.3 Å². The van der Waals surface area contributed by atoms with E-state index in [4.69, 9.17) is 0 Å². The summed E-state index contributed by atoms with van der Waals surface area (Å²) in [5.74, 6) is 0. The van der Waals surface area contributed by atoms with Crippen LogP contribution >= 0.6 is 0 Å². The quantitative estimate of drug-likeness (QED) is 0.678. The highest BCUT2D eigenvalue weighted by Crippen LogP contribution is 2.09. The van der Waals surface area contributed by atoms with Crippen molar-refractivity contribution < 1.29 is 0 Å². The number of rotatable bonds is 2. The molecule has 0 amide bonds. The predicted molar refractivity (Wildman–Crippen MR) is 45.7 cm³/mol. The minimum absolute atomic E-state index is 0.627. The second kappa shape index (κ2) is 3.23. The smallest absolute Gasteiger partial charge is 0.0842 e. The zero-order chi connectivity index (χ0) is 8.39. The van der Waals surface area contributed by atoms with E-state index in [2.05, 4.69) is 15.6 Å². The molecule has 1 fully saturated rings. The number of nitrogens with zero attached hydrogens (tertiary/aromatic N) is 3. The standard InChI is InChI=1S/C8H14N4/c1-12-6-8(10-11-12)5-7-3-2-4-9-7/h6-7,9H,2-5H2,1H3. The maximum Gasteiger partial charge on any atom is 0.0842 e. The highest BCUT2D eigenvalue weighted by Gasteiger charge is 2.15. The fourth-order valence-corrected chi connectivity index (χ4v) is 1.67. The summed E-state index contributed by atoms with van der Waals surface area (Å²) in [6.07, 6.45) is 5.58. The van der Waals surface area contributed by atoms with E-state index in [1.165, 1.54) is 12.8 Å². The second-order valence-electron chi connectivity index (χ2n) is 3.38. The molecule has 0 aromatic carbocycles. The zero-order valence-corrected chi connectivity index (χ0v) is 7.32. The Morgan fingerprint density at radius 3 is 3.25 bits per heavy atom. The third kappa shape index (κ3) is 1.64. The van der Waals surface area contributed by atoms with Crippen LogP contribution in [0.15, 0.2) is 6.20 Å². The summed E-state index contributed by atoms with van der Waals surface area (Å²) in [4.78, 5) is 0. The number of hydrogen-bond donors (Lipinski definition) is 1. The third-order valence-corrected chi connectivity index (χ3v) is 2.27. The van der Waals surface area contributed by atoms with Crippen molar-refractivity contribution in [2.45, 2.75) is 25.3 Å². The lowest BCUT2D eigenvalue weighted by Crippen LogP contribution is -2.23. The minimum atomic E-state index is 0.627. The Morgan fingerprint density at radius 1 is 1.75 bits per heavy atom. The fraction of sp³-hybridized carbons (Fsp3) is 0.750. The summed E-state index contributed by atoms with van der Waals surface area (Å²) in [5.41, 5.74) is 1.09. The summed E-state index contributed by atoms with van der Waals surface area (Å²) in [6, 6.07) is 0.627. The molecular weight excluding hydrogens is 152 g/mol. The summed E-state index contributed by atoms with van der Waals surface area (Å²) in [6.45, 7) is 1.16.